The summed E-state index contributed by atoms with van der Waals surface area (Å²) in [6.07, 6.45) is -0.129. The molecule has 0 bridgehead atoms. The molecular formula is C16H25NO3. The highest BCUT2D eigenvalue weighted by atomic mass is 16.5. The Morgan fingerprint density at radius 1 is 1.25 bits per heavy atom. The van der Waals surface area contributed by atoms with Crippen LogP contribution < -0.4 is 5.32 Å². The van der Waals surface area contributed by atoms with Crippen LogP contribution in [0.3, 0.4) is 0 Å². The second-order valence-electron chi connectivity index (χ2n) is 5.22. The van der Waals surface area contributed by atoms with Gasteiger partial charge in [0.2, 0.25) is 0 Å². The fraction of sp³-hybridized carbons (Fsp3) is 0.562. The Bertz CT molecular complexity index is 392. The number of nitrogens with one attached hydrogen (secondary N) is 1. The van der Waals surface area contributed by atoms with Crippen LogP contribution in [0.2, 0.25) is 0 Å². The second-order valence-corrected chi connectivity index (χ2v) is 5.22. The smallest absolute Gasteiger partial charge is 0.302 e. The first-order valence-corrected chi connectivity index (χ1v) is 6.99. The second kappa shape index (κ2) is 8.72. The Morgan fingerprint density at radius 2 is 1.90 bits per heavy atom. The molecule has 1 aromatic carbocycles. The SMILES string of the molecule is COC[C@H](NC[C@@H](OC(C)=O)C(C)C)c1ccccc1. The number of rotatable bonds is 8. The molecule has 4 heteroatoms. The molecule has 112 valence electrons. The molecule has 0 amide bonds. The Hall–Kier alpha value is -1.39. The molecule has 4 nitrogen and oxygen atoms in total. The van der Waals surface area contributed by atoms with Crippen molar-refractivity contribution in [3.8, 4) is 0 Å². The standard InChI is InChI=1S/C16H25NO3/c1-12(2)16(20-13(3)18)10-17-15(11-19-4)14-8-6-5-7-9-14/h5-9,12,15-17H,10-11H2,1-4H3/t15-,16+/m0/s1. The van der Waals surface area contributed by atoms with Crippen LogP contribution in [0.25, 0.3) is 0 Å². The van der Waals surface area contributed by atoms with Crippen molar-refractivity contribution < 1.29 is 14.3 Å². The molecule has 0 aliphatic rings. The molecule has 1 N–H and O–H groups in total. The largest absolute Gasteiger partial charge is 0.461 e. The van der Waals surface area contributed by atoms with Gasteiger partial charge in [-0.1, -0.05) is 44.2 Å². The van der Waals surface area contributed by atoms with Gasteiger partial charge in [0.15, 0.2) is 0 Å². The van der Waals surface area contributed by atoms with E-state index in [-0.39, 0.29) is 24.0 Å². The highest BCUT2D eigenvalue weighted by molar-refractivity contribution is 5.66. The van der Waals surface area contributed by atoms with Gasteiger partial charge in [0.1, 0.15) is 6.10 Å². The predicted octanol–water partition coefficient (Wildman–Crippen LogP) is 2.55. The third-order valence-electron chi connectivity index (χ3n) is 3.16. The summed E-state index contributed by atoms with van der Waals surface area (Å²) in [5.74, 6) is 0.0267. The normalized spacial score (nSPS) is 14.1. The van der Waals surface area contributed by atoms with Crippen molar-refractivity contribution in [3.63, 3.8) is 0 Å². The summed E-state index contributed by atoms with van der Waals surface area (Å²) in [4.78, 5) is 11.1. The molecule has 2 atom stereocenters. The van der Waals surface area contributed by atoms with Gasteiger partial charge in [-0.3, -0.25) is 4.79 Å². The van der Waals surface area contributed by atoms with Gasteiger partial charge in [-0.2, -0.15) is 0 Å². The first-order chi connectivity index (χ1) is 9.54. The Labute approximate surface area is 121 Å². The zero-order valence-electron chi connectivity index (χ0n) is 12.8. The van der Waals surface area contributed by atoms with E-state index in [9.17, 15) is 4.79 Å². The minimum Gasteiger partial charge on any atom is -0.461 e. The summed E-state index contributed by atoms with van der Waals surface area (Å²) >= 11 is 0. The molecule has 1 aromatic rings. The number of carbonyl (C=O) groups excluding carboxylic acids is 1. The van der Waals surface area contributed by atoms with Crippen LogP contribution in [0.4, 0.5) is 0 Å². The summed E-state index contributed by atoms with van der Waals surface area (Å²) in [5.41, 5.74) is 1.17. The van der Waals surface area contributed by atoms with E-state index in [2.05, 4.69) is 17.4 Å². The van der Waals surface area contributed by atoms with Gasteiger partial charge in [0.05, 0.1) is 12.6 Å². The number of esters is 1. The average molecular weight is 279 g/mol. The van der Waals surface area contributed by atoms with E-state index in [1.807, 2.05) is 32.0 Å². The van der Waals surface area contributed by atoms with Crippen molar-refractivity contribution in [3.05, 3.63) is 35.9 Å². The number of benzene rings is 1. The number of hydrogen-bond donors (Lipinski definition) is 1. The Kier molecular flexibility index (Phi) is 7.26. The molecule has 0 fully saturated rings. The summed E-state index contributed by atoms with van der Waals surface area (Å²) < 4.78 is 10.6. The van der Waals surface area contributed by atoms with Crippen molar-refractivity contribution in [2.24, 2.45) is 5.92 Å². The lowest BCUT2D eigenvalue weighted by Gasteiger charge is -2.25. The maximum Gasteiger partial charge on any atom is 0.302 e. The first-order valence-electron chi connectivity index (χ1n) is 6.99. The molecule has 0 aliphatic carbocycles. The van der Waals surface area contributed by atoms with Crippen molar-refractivity contribution in [1.29, 1.82) is 0 Å². The van der Waals surface area contributed by atoms with Gasteiger partial charge in [0, 0.05) is 20.6 Å². The Morgan fingerprint density at radius 3 is 2.40 bits per heavy atom. The molecule has 0 spiro atoms. The van der Waals surface area contributed by atoms with Gasteiger partial charge in [-0.15, -0.1) is 0 Å². The molecular weight excluding hydrogens is 254 g/mol. The quantitative estimate of drug-likeness (QED) is 0.743. The van der Waals surface area contributed by atoms with Gasteiger partial charge < -0.3 is 14.8 Å². The van der Waals surface area contributed by atoms with Crippen molar-refractivity contribution in [2.45, 2.75) is 32.9 Å². The van der Waals surface area contributed by atoms with E-state index >= 15 is 0 Å². The lowest BCUT2D eigenvalue weighted by Crippen LogP contribution is -2.37. The van der Waals surface area contributed by atoms with Gasteiger partial charge in [-0.25, -0.2) is 0 Å². The van der Waals surface area contributed by atoms with Gasteiger partial charge in [0.25, 0.3) is 0 Å². The number of hydrogen-bond acceptors (Lipinski definition) is 4. The van der Waals surface area contributed by atoms with Crippen LogP contribution in [0.5, 0.6) is 0 Å². The lowest BCUT2D eigenvalue weighted by atomic mass is 10.0. The highest BCUT2D eigenvalue weighted by Gasteiger charge is 2.19. The van der Waals surface area contributed by atoms with Crippen LogP contribution >= 0.6 is 0 Å². The summed E-state index contributed by atoms with van der Waals surface area (Å²) in [6, 6.07) is 10.2. The van der Waals surface area contributed by atoms with Crippen LogP contribution in [0, 0.1) is 5.92 Å². The molecule has 0 saturated carbocycles. The third-order valence-corrected chi connectivity index (χ3v) is 3.16. The fourth-order valence-corrected chi connectivity index (χ4v) is 2.01. The van der Waals surface area contributed by atoms with E-state index in [4.69, 9.17) is 9.47 Å². The first kappa shape index (κ1) is 16.7. The number of methoxy groups -OCH3 is 1. The zero-order chi connectivity index (χ0) is 15.0. The fourth-order valence-electron chi connectivity index (χ4n) is 2.01. The maximum absolute atomic E-state index is 11.1. The predicted molar refractivity (Wildman–Crippen MR) is 79.5 cm³/mol. The van der Waals surface area contributed by atoms with Crippen LogP contribution in [0.15, 0.2) is 30.3 Å². The van der Waals surface area contributed by atoms with Crippen molar-refractivity contribution in [1.82, 2.24) is 5.32 Å². The molecule has 0 radical (unpaired) electrons. The van der Waals surface area contributed by atoms with Crippen LogP contribution in [-0.2, 0) is 14.3 Å². The van der Waals surface area contributed by atoms with Gasteiger partial charge in [-0.05, 0) is 11.5 Å². The minimum absolute atomic E-state index is 0.0954. The third kappa shape index (κ3) is 5.72. The van der Waals surface area contributed by atoms with E-state index in [0.717, 1.165) is 0 Å². The van der Waals surface area contributed by atoms with Crippen LogP contribution in [-0.4, -0.2) is 32.3 Å². The molecule has 0 unspecified atom stereocenters. The molecule has 0 heterocycles. The highest BCUT2D eigenvalue weighted by Crippen LogP contribution is 2.14. The summed E-state index contributed by atoms with van der Waals surface area (Å²) in [5, 5.41) is 3.42. The van der Waals surface area contributed by atoms with E-state index in [0.29, 0.717) is 13.2 Å². The van der Waals surface area contributed by atoms with E-state index in [1.54, 1.807) is 7.11 Å². The van der Waals surface area contributed by atoms with Crippen molar-refractivity contribution >= 4 is 5.97 Å². The molecule has 20 heavy (non-hydrogen) atoms. The number of carbonyl (C=O) groups is 1. The summed E-state index contributed by atoms with van der Waals surface area (Å²) in [6.45, 7) is 6.72. The van der Waals surface area contributed by atoms with Gasteiger partial charge >= 0.3 is 5.97 Å². The molecule has 0 saturated heterocycles. The van der Waals surface area contributed by atoms with Crippen LogP contribution in [0.1, 0.15) is 32.4 Å². The molecule has 0 aliphatic heterocycles. The average Bonchev–Trinajstić information content (AvgIpc) is 2.42. The van der Waals surface area contributed by atoms with E-state index in [1.165, 1.54) is 12.5 Å². The summed E-state index contributed by atoms with van der Waals surface area (Å²) in [7, 11) is 1.68. The lowest BCUT2D eigenvalue weighted by molar-refractivity contribution is -0.148. The monoisotopic (exact) mass is 279 g/mol. The maximum atomic E-state index is 11.1. The minimum atomic E-state index is -0.242. The molecule has 1 rings (SSSR count). The van der Waals surface area contributed by atoms with Crippen molar-refractivity contribution in [2.75, 3.05) is 20.3 Å². The van der Waals surface area contributed by atoms with E-state index < -0.39 is 0 Å². The Balaban J connectivity index is 2.63. The molecule has 0 aromatic heterocycles. The number of ether oxygens (including phenoxy) is 2. The zero-order valence-corrected chi connectivity index (χ0v) is 12.8. The topological polar surface area (TPSA) is 47.6 Å².